The van der Waals surface area contributed by atoms with Crippen LogP contribution in [0.15, 0.2) is 48.5 Å². The minimum Gasteiger partial charge on any atom is -0.434 e. The van der Waals surface area contributed by atoms with Gasteiger partial charge in [-0.25, -0.2) is 4.79 Å². The normalized spacial score (nSPS) is 16.4. The van der Waals surface area contributed by atoms with Crippen LogP contribution in [0.5, 0.6) is 0 Å². The Morgan fingerprint density at radius 3 is 2.62 bits per heavy atom. The molecule has 0 saturated heterocycles. The van der Waals surface area contributed by atoms with Gasteiger partial charge in [0.15, 0.2) is 0 Å². The highest BCUT2D eigenvalue weighted by Crippen LogP contribution is 2.31. The molecule has 2 aromatic carbocycles. The first-order valence-corrected chi connectivity index (χ1v) is 7.43. The molecule has 0 spiro atoms. The van der Waals surface area contributed by atoms with Crippen molar-refractivity contribution in [2.45, 2.75) is 32.4 Å². The number of carbonyl (C=O) groups excluding carboxylic acids is 1. The van der Waals surface area contributed by atoms with Crippen LogP contribution in [0.2, 0.25) is 0 Å². The van der Waals surface area contributed by atoms with Gasteiger partial charge in [0.2, 0.25) is 6.23 Å². The van der Waals surface area contributed by atoms with E-state index in [2.05, 4.69) is 24.4 Å². The molecule has 1 aliphatic heterocycles. The van der Waals surface area contributed by atoms with Crippen molar-refractivity contribution in [3.8, 4) is 0 Å². The Hall–Kier alpha value is -2.29. The predicted molar refractivity (Wildman–Crippen MR) is 83.3 cm³/mol. The summed E-state index contributed by atoms with van der Waals surface area (Å²) in [5.74, 6) is -0.261. The molecule has 1 atom stereocenters. The third-order valence-electron chi connectivity index (χ3n) is 3.76. The lowest BCUT2D eigenvalue weighted by Crippen LogP contribution is -2.10. The van der Waals surface area contributed by atoms with E-state index in [0.717, 1.165) is 17.7 Å². The highest BCUT2D eigenvalue weighted by atomic mass is 16.6. The largest absolute Gasteiger partial charge is 0.434 e. The molecule has 0 aliphatic carbocycles. The standard InChI is InChI=1S/C18H19NO2/c1-2-3-6-13-9-11-14(12-10-13)19-17-15-7-4-5-8-16(15)18(20)21-17/h4-5,7-12,17,19H,2-3,6H2,1H3. The maximum Gasteiger partial charge on any atom is 0.340 e. The van der Waals surface area contributed by atoms with Crippen LogP contribution >= 0.6 is 0 Å². The zero-order chi connectivity index (χ0) is 14.7. The number of unbranched alkanes of at least 4 members (excludes halogenated alkanes) is 1. The average molecular weight is 281 g/mol. The summed E-state index contributed by atoms with van der Waals surface area (Å²) in [4.78, 5) is 11.8. The van der Waals surface area contributed by atoms with Crippen LogP contribution in [0.1, 0.15) is 47.5 Å². The Balaban J connectivity index is 1.71. The van der Waals surface area contributed by atoms with E-state index in [1.54, 1.807) is 6.07 Å². The van der Waals surface area contributed by atoms with Crippen LogP contribution in [0.4, 0.5) is 5.69 Å². The number of anilines is 1. The zero-order valence-electron chi connectivity index (χ0n) is 12.1. The summed E-state index contributed by atoms with van der Waals surface area (Å²) < 4.78 is 5.38. The summed E-state index contributed by atoms with van der Waals surface area (Å²) in [5, 5.41) is 3.27. The van der Waals surface area contributed by atoms with Crippen molar-refractivity contribution in [3.05, 3.63) is 65.2 Å². The number of nitrogens with one attached hydrogen (secondary N) is 1. The maximum absolute atomic E-state index is 11.8. The molecule has 3 heteroatoms. The second-order valence-electron chi connectivity index (χ2n) is 5.32. The van der Waals surface area contributed by atoms with Crippen molar-refractivity contribution in [2.24, 2.45) is 0 Å². The van der Waals surface area contributed by atoms with Crippen molar-refractivity contribution < 1.29 is 9.53 Å². The summed E-state index contributed by atoms with van der Waals surface area (Å²) in [5.41, 5.74) is 3.85. The Morgan fingerprint density at radius 2 is 1.86 bits per heavy atom. The summed E-state index contributed by atoms with van der Waals surface area (Å²) >= 11 is 0. The van der Waals surface area contributed by atoms with E-state index in [4.69, 9.17) is 4.74 Å². The topological polar surface area (TPSA) is 38.3 Å². The van der Waals surface area contributed by atoms with E-state index in [1.807, 2.05) is 30.3 Å². The molecule has 0 amide bonds. The first kappa shape index (κ1) is 13.7. The minimum atomic E-state index is -0.393. The van der Waals surface area contributed by atoms with Crippen molar-refractivity contribution in [1.29, 1.82) is 0 Å². The highest BCUT2D eigenvalue weighted by molar-refractivity contribution is 5.94. The van der Waals surface area contributed by atoms with E-state index in [1.165, 1.54) is 18.4 Å². The number of cyclic esters (lactones) is 1. The number of ether oxygens (including phenoxy) is 1. The van der Waals surface area contributed by atoms with Gasteiger partial charge in [-0.15, -0.1) is 0 Å². The van der Waals surface area contributed by atoms with Gasteiger partial charge < -0.3 is 10.1 Å². The summed E-state index contributed by atoms with van der Waals surface area (Å²) in [6.07, 6.45) is 3.13. The molecule has 0 bridgehead atoms. The minimum absolute atomic E-state index is 0.261. The molecule has 2 aromatic rings. The molecule has 108 valence electrons. The van der Waals surface area contributed by atoms with Gasteiger partial charge in [-0.05, 0) is 36.6 Å². The number of hydrogen-bond acceptors (Lipinski definition) is 3. The van der Waals surface area contributed by atoms with Crippen LogP contribution in [0, 0.1) is 0 Å². The lowest BCUT2D eigenvalue weighted by molar-refractivity contribution is 0.0437. The maximum atomic E-state index is 11.8. The number of hydrogen-bond donors (Lipinski definition) is 1. The molecule has 3 rings (SSSR count). The number of fused-ring (bicyclic) bond motifs is 1. The van der Waals surface area contributed by atoms with Crippen LogP contribution in [0.3, 0.4) is 0 Å². The average Bonchev–Trinajstić information content (AvgIpc) is 2.83. The van der Waals surface area contributed by atoms with E-state index in [0.29, 0.717) is 5.56 Å². The smallest absolute Gasteiger partial charge is 0.340 e. The van der Waals surface area contributed by atoms with Crippen molar-refractivity contribution in [1.82, 2.24) is 0 Å². The number of esters is 1. The van der Waals surface area contributed by atoms with Gasteiger partial charge in [-0.3, -0.25) is 0 Å². The predicted octanol–water partition coefficient (Wildman–Crippen LogP) is 4.31. The number of carbonyl (C=O) groups is 1. The Kier molecular flexibility index (Phi) is 3.91. The molecule has 1 heterocycles. The number of benzene rings is 2. The monoisotopic (exact) mass is 281 g/mol. The second-order valence-corrected chi connectivity index (χ2v) is 5.32. The molecule has 21 heavy (non-hydrogen) atoms. The number of rotatable bonds is 5. The van der Waals surface area contributed by atoms with Crippen LogP contribution in [0.25, 0.3) is 0 Å². The van der Waals surface area contributed by atoms with Gasteiger partial charge >= 0.3 is 5.97 Å². The van der Waals surface area contributed by atoms with E-state index >= 15 is 0 Å². The zero-order valence-corrected chi connectivity index (χ0v) is 12.1. The second kappa shape index (κ2) is 6.00. The van der Waals surface area contributed by atoms with Gasteiger partial charge in [0.05, 0.1) is 5.56 Å². The Bertz CT molecular complexity index is 634. The Morgan fingerprint density at radius 1 is 1.10 bits per heavy atom. The van der Waals surface area contributed by atoms with Gasteiger partial charge in [0.1, 0.15) is 0 Å². The SMILES string of the molecule is CCCCc1ccc(NC2OC(=O)c3ccccc32)cc1. The summed E-state index contributed by atoms with van der Waals surface area (Å²) in [7, 11) is 0. The lowest BCUT2D eigenvalue weighted by atomic mass is 10.1. The quantitative estimate of drug-likeness (QED) is 0.830. The van der Waals surface area contributed by atoms with Crippen molar-refractivity contribution >= 4 is 11.7 Å². The molecule has 1 aliphatic rings. The molecule has 1 N–H and O–H groups in total. The van der Waals surface area contributed by atoms with Gasteiger partial charge in [0, 0.05) is 11.3 Å². The fraction of sp³-hybridized carbons (Fsp3) is 0.278. The fourth-order valence-electron chi connectivity index (χ4n) is 2.55. The van der Waals surface area contributed by atoms with Crippen LogP contribution in [-0.4, -0.2) is 5.97 Å². The van der Waals surface area contributed by atoms with Gasteiger partial charge in [-0.1, -0.05) is 43.7 Å². The number of aryl methyl sites for hydroxylation is 1. The molecular weight excluding hydrogens is 262 g/mol. The molecule has 3 nitrogen and oxygen atoms in total. The molecule has 0 radical (unpaired) electrons. The van der Waals surface area contributed by atoms with E-state index < -0.39 is 6.23 Å². The molecular formula is C18H19NO2. The molecule has 1 unspecified atom stereocenters. The molecule has 0 fully saturated rings. The fourth-order valence-corrected chi connectivity index (χ4v) is 2.55. The van der Waals surface area contributed by atoms with Gasteiger partial charge in [0.25, 0.3) is 0 Å². The van der Waals surface area contributed by atoms with Crippen LogP contribution < -0.4 is 5.32 Å². The Labute approximate surface area is 124 Å². The molecule has 0 saturated carbocycles. The third-order valence-corrected chi connectivity index (χ3v) is 3.76. The molecule has 0 aromatic heterocycles. The van der Waals surface area contributed by atoms with Crippen molar-refractivity contribution in [2.75, 3.05) is 5.32 Å². The van der Waals surface area contributed by atoms with Crippen molar-refractivity contribution in [3.63, 3.8) is 0 Å². The first-order valence-electron chi connectivity index (χ1n) is 7.43. The lowest BCUT2D eigenvalue weighted by Gasteiger charge is -2.14. The van der Waals surface area contributed by atoms with Crippen LogP contribution in [-0.2, 0) is 11.2 Å². The third kappa shape index (κ3) is 2.92. The van der Waals surface area contributed by atoms with Gasteiger partial charge in [-0.2, -0.15) is 0 Å². The summed E-state index contributed by atoms with van der Waals surface area (Å²) in [6.45, 7) is 2.20. The van der Waals surface area contributed by atoms with E-state index in [-0.39, 0.29) is 5.97 Å². The highest BCUT2D eigenvalue weighted by Gasteiger charge is 2.30. The van der Waals surface area contributed by atoms with E-state index in [9.17, 15) is 4.79 Å². The summed E-state index contributed by atoms with van der Waals surface area (Å²) in [6, 6.07) is 15.8. The first-order chi connectivity index (χ1) is 10.3.